The van der Waals surface area contributed by atoms with Crippen molar-refractivity contribution < 1.29 is 17.6 Å². The largest absolute Gasteiger partial charge is 0.346 e. The van der Waals surface area contributed by atoms with E-state index in [1.807, 2.05) is 24.3 Å². The second-order valence-electron chi connectivity index (χ2n) is 8.49. The molecule has 0 aliphatic carbocycles. The maximum atomic E-state index is 14.0. The van der Waals surface area contributed by atoms with Gasteiger partial charge in [0.05, 0.1) is 27.4 Å². The standard InChI is InChI=1S/C24H26FN3O3S2/c25-21-7-2-1-4-17(21)13-20(26)14-23(29)28-24(8-10-33(30,31)11-9-24)19-6-3-5-18(12-19)22-15-27-16-32-22/h1-7,12,15-16,20H,8-11,13-14,26H2,(H,28,29)/t20-/m1/s1. The number of carbonyl (C=O) groups is 1. The third-order valence-corrected chi connectivity index (χ3v) is 8.55. The number of aromatic nitrogens is 1. The van der Waals surface area contributed by atoms with Crippen molar-refractivity contribution in [1.29, 1.82) is 0 Å². The number of hydrogen-bond acceptors (Lipinski definition) is 6. The zero-order valence-corrected chi connectivity index (χ0v) is 19.7. The van der Waals surface area contributed by atoms with Crippen LogP contribution in [0, 0.1) is 5.82 Å². The SMILES string of the molecule is N[C@@H](CC(=O)NC1(c2cccc(-c3cncs3)c2)CCS(=O)(=O)CC1)Cc1ccccc1F. The van der Waals surface area contributed by atoms with Crippen molar-refractivity contribution in [3.63, 3.8) is 0 Å². The van der Waals surface area contributed by atoms with Crippen LogP contribution >= 0.6 is 11.3 Å². The highest BCUT2D eigenvalue weighted by Crippen LogP contribution is 2.36. The summed E-state index contributed by atoms with van der Waals surface area (Å²) in [5.41, 5.74) is 9.41. The summed E-state index contributed by atoms with van der Waals surface area (Å²) in [5, 5.41) is 3.10. The number of thiazole rings is 1. The fourth-order valence-electron chi connectivity index (χ4n) is 4.28. The number of benzene rings is 2. The molecule has 1 aromatic heterocycles. The summed E-state index contributed by atoms with van der Waals surface area (Å²) in [4.78, 5) is 18.1. The van der Waals surface area contributed by atoms with Gasteiger partial charge in [-0.2, -0.15) is 0 Å². The Morgan fingerprint density at radius 2 is 1.94 bits per heavy atom. The molecule has 0 radical (unpaired) electrons. The van der Waals surface area contributed by atoms with Crippen molar-refractivity contribution in [3.8, 4) is 10.4 Å². The number of nitrogens with two attached hydrogens (primary N) is 1. The summed E-state index contributed by atoms with van der Waals surface area (Å²) in [5.74, 6) is -0.623. The molecule has 1 aliphatic heterocycles. The summed E-state index contributed by atoms with van der Waals surface area (Å²) in [6.45, 7) is 0. The summed E-state index contributed by atoms with van der Waals surface area (Å²) in [6.07, 6.45) is 2.60. The molecule has 3 aromatic rings. The lowest BCUT2D eigenvalue weighted by atomic mass is 9.83. The number of halogens is 1. The number of sulfone groups is 1. The van der Waals surface area contributed by atoms with Crippen LogP contribution in [0.3, 0.4) is 0 Å². The monoisotopic (exact) mass is 487 g/mol. The van der Waals surface area contributed by atoms with Gasteiger partial charge in [-0.3, -0.25) is 9.78 Å². The number of rotatable bonds is 7. The Labute approximate surface area is 197 Å². The molecule has 0 spiro atoms. The van der Waals surface area contributed by atoms with Crippen molar-refractivity contribution in [1.82, 2.24) is 10.3 Å². The Morgan fingerprint density at radius 3 is 2.64 bits per heavy atom. The molecule has 1 fully saturated rings. The lowest BCUT2D eigenvalue weighted by Gasteiger charge is -2.39. The van der Waals surface area contributed by atoms with E-state index < -0.39 is 21.4 Å². The van der Waals surface area contributed by atoms with E-state index in [1.54, 1.807) is 29.9 Å². The van der Waals surface area contributed by atoms with E-state index >= 15 is 0 Å². The molecule has 1 amide bonds. The summed E-state index contributed by atoms with van der Waals surface area (Å²) < 4.78 is 38.2. The van der Waals surface area contributed by atoms with E-state index in [-0.39, 0.29) is 48.9 Å². The zero-order chi connectivity index (χ0) is 23.5. The predicted octanol–water partition coefficient (Wildman–Crippen LogP) is 3.43. The molecule has 174 valence electrons. The Morgan fingerprint density at radius 1 is 1.18 bits per heavy atom. The highest BCUT2D eigenvalue weighted by molar-refractivity contribution is 7.91. The molecular weight excluding hydrogens is 461 g/mol. The second kappa shape index (κ2) is 9.70. The number of nitrogens with one attached hydrogen (secondary N) is 1. The van der Waals surface area contributed by atoms with Crippen LogP contribution in [0.1, 0.15) is 30.4 Å². The Balaban J connectivity index is 1.54. The van der Waals surface area contributed by atoms with Crippen LogP contribution in [-0.4, -0.2) is 36.9 Å². The van der Waals surface area contributed by atoms with Gasteiger partial charge in [0, 0.05) is 18.7 Å². The van der Waals surface area contributed by atoms with Crippen molar-refractivity contribution in [2.75, 3.05) is 11.5 Å². The molecule has 9 heteroatoms. The average molecular weight is 488 g/mol. The molecule has 0 bridgehead atoms. The van der Waals surface area contributed by atoms with Gasteiger partial charge in [-0.25, -0.2) is 12.8 Å². The third kappa shape index (κ3) is 5.66. The van der Waals surface area contributed by atoms with E-state index in [9.17, 15) is 17.6 Å². The van der Waals surface area contributed by atoms with Crippen molar-refractivity contribution in [3.05, 3.63) is 77.2 Å². The van der Waals surface area contributed by atoms with Crippen LogP contribution < -0.4 is 11.1 Å². The van der Waals surface area contributed by atoms with Crippen LogP contribution in [0.4, 0.5) is 4.39 Å². The van der Waals surface area contributed by atoms with Crippen LogP contribution in [0.5, 0.6) is 0 Å². The first-order valence-electron chi connectivity index (χ1n) is 10.8. The lowest BCUT2D eigenvalue weighted by Crippen LogP contribution is -2.51. The number of nitrogens with zero attached hydrogens (tertiary/aromatic N) is 1. The van der Waals surface area contributed by atoms with Gasteiger partial charge in [-0.15, -0.1) is 11.3 Å². The van der Waals surface area contributed by atoms with Gasteiger partial charge in [-0.05, 0) is 48.1 Å². The predicted molar refractivity (Wildman–Crippen MR) is 128 cm³/mol. The van der Waals surface area contributed by atoms with Gasteiger partial charge >= 0.3 is 0 Å². The Hall–Kier alpha value is -2.62. The molecule has 33 heavy (non-hydrogen) atoms. The van der Waals surface area contributed by atoms with Crippen LogP contribution in [0.15, 0.2) is 60.2 Å². The van der Waals surface area contributed by atoms with Gasteiger partial charge in [0.15, 0.2) is 9.84 Å². The molecule has 0 saturated carbocycles. The van der Waals surface area contributed by atoms with Gasteiger partial charge < -0.3 is 11.1 Å². The van der Waals surface area contributed by atoms with E-state index in [0.717, 1.165) is 16.0 Å². The van der Waals surface area contributed by atoms with Crippen molar-refractivity contribution >= 4 is 27.1 Å². The van der Waals surface area contributed by atoms with Gasteiger partial charge in [0.1, 0.15) is 5.82 Å². The molecule has 6 nitrogen and oxygen atoms in total. The van der Waals surface area contributed by atoms with E-state index in [2.05, 4.69) is 10.3 Å². The highest BCUT2D eigenvalue weighted by Gasteiger charge is 2.40. The number of carbonyl (C=O) groups excluding carboxylic acids is 1. The Kier molecular flexibility index (Phi) is 6.92. The summed E-state index contributed by atoms with van der Waals surface area (Å²) >= 11 is 1.51. The minimum absolute atomic E-state index is 0.000649. The third-order valence-electron chi connectivity index (χ3n) is 6.08. The number of amides is 1. The Bertz CT molecular complexity index is 1220. The van der Waals surface area contributed by atoms with Crippen molar-refractivity contribution in [2.24, 2.45) is 5.73 Å². The molecular formula is C24H26FN3O3S2. The molecule has 2 aromatic carbocycles. The average Bonchev–Trinajstić information content (AvgIpc) is 3.32. The fraction of sp³-hybridized carbons (Fsp3) is 0.333. The smallest absolute Gasteiger partial charge is 0.222 e. The van der Waals surface area contributed by atoms with Gasteiger partial charge in [0.2, 0.25) is 5.91 Å². The minimum atomic E-state index is -3.15. The normalized spacial score (nSPS) is 17.9. The van der Waals surface area contributed by atoms with Crippen LogP contribution in [-0.2, 0) is 26.6 Å². The first-order valence-corrected chi connectivity index (χ1v) is 13.5. The first-order chi connectivity index (χ1) is 15.8. The first kappa shape index (κ1) is 23.5. The molecule has 1 aliphatic rings. The lowest BCUT2D eigenvalue weighted by molar-refractivity contribution is -0.123. The molecule has 1 atom stereocenters. The topological polar surface area (TPSA) is 102 Å². The molecule has 0 unspecified atom stereocenters. The van der Waals surface area contributed by atoms with E-state index in [1.165, 1.54) is 17.4 Å². The molecule has 2 heterocycles. The highest BCUT2D eigenvalue weighted by atomic mass is 32.2. The number of hydrogen-bond donors (Lipinski definition) is 2. The van der Waals surface area contributed by atoms with Gasteiger partial charge in [0.25, 0.3) is 0 Å². The van der Waals surface area contributed by atoms with Crippen molar-refractivity contribution in [2.45, 2.75) is 37.3 Å². The fourth-order valence-corrected chi connectivity index (χ4v) is 6.42. The second-order valence-corrected chi connectivity index (χ2v) is 11.7. The molecule has 4 rings (SSSR count). The minimum Gasteiger partial charge on any atom is -0.346 e. The van der Waals surface area contributed by atoms with Crippen LogP contribution in [0.2, 0.25) is 0 Å². The molecule has 3 N–H and O–H groups in total. The maximum absolute atomic E-state index is 14.0. The summed E-state index contributed by atoms with van der Waals surface area (Å²) in [7, 11) is -3.15. The molecule has 1 saturated heterocycles. The van der Waals surface area contributed by atoms with Gasteiger partial charge in [-0.1, -0.05) is 36.4 Å². The van der Waals surface area contributed by atoms with E-state index in [0.29, 0.717) is 5.56 Å². The maximum Gasteiger partial charge on any atom is 0.222 e. The quantitative estimate of drug-likeness (QED) is 0.532. The zero-order valence-electron chi connectivity index (χ0n) is 18.0. The van der Waals surface area contributed by atoms with E-state index in [4.69, 9.17) is 5.73 Å². The summed E-state index contributed by atoms with van der Waals surface area (Å²) in [6, 6.07) is 13.6. The van der Waals surface area contributed by atoms with Crippen LogP contribution in [0.25, 0.3) is 10.4 Å².